The number of nitrogens with zero attached hydrogens (tertiary/aromatic N) is 1. The molecule has 0 spiro atoms. The molecule has 0 heterocycles. The quantitative estimate of drug-likeness (QED) is 0.413. The maximum absolute atomic E-state index is 12.5. The topological polar surface area (TPSA) is 103 Å². The fraction of sp³-hybridized carbons (Fsp3) is 0.381. The number of hydrogen-bond donors (Lipinski definition) is 2. The SMILES string of the molecule is CCCOc1ccc(C(C)NC(C)C(=O)Nc2ccc([N+](=O)[O-])cc2Cl)cc1OC. The number of carbonyl (C=O) groups excluding carboxylic acids is 1. The number of nitro benzene ring substituents is 1. The van der Waals surface area contributed by atoms with Gasteiger partial charge in [-0.3, -0.25) is 20.2 Å². The van der Waals surface area contributed by atoms with Crippen molar-refractivity contribution in [2.45, 2.75) is 39.3 Å². The summed E-state index contributed by atoms with van der Waals surface area (Å²) in [6.45, 7) is 6.29. The van der Waals surface area contributed by atoms with Gasteiger partial charge in [-0.1, -0.05) is 24.6 Å². The Balaban J connectivity index is 2.03. The molecule has 2 aromatic rings. The number of halogens is 1. The average Bonchev–Trinajstić information content (AvgIpc) is 2.73. The molecular formula is C21H26ClN3O5. The van der Waals surface area contributed by atoms with Crippen molar-refractivity contribution in [3.05, 3.63) is 57.1 Å². The lowest BCUT2D eigenvalue weighted by Crippen LogP contribution is -2.39. The molecule has 2 N–H and O–H groups in total. The van der Waals surface area contributed by atoms with Gasteiger partial charge in [0, 0.05) is 18.2 Å². The standard InChI is InChI=1S/C21H26ClN3O5/c1-5-10-30-19-9-6-15(11-20(19)29-4)13(2)23-14(3)21(26)24-18-8-7-16(25(27)28)12-17(18)22/h6-9,11-14,23H,5,10H2,1-4H3,(H,24,26). The molecular weight excluding hydrogens is 410 g/mol. The number of nitro groups is 1. The number of carbonyl (C=O) groups is 1. The molecule has 0 bridgehead atoms. The number of hydrogen-bond acceptors (Lipinski definition) is 6. The van der Waals surface area contributed by atoms with Gasteiger partial charge in [-0.15, -0.1) is 0 Å². The third-order valence-electron chi connectivity index (χ3n) is 4.46. The van der Waals surface area contributed by atoms with E-state index in [0.29, 0.717) is 23.8 Å². The van der Waals surface area contributed by atoms with Crippen LogP contribution in [0.3, 0.4) is 0 Å². The highest BCUT2D eigenvalue weighted by Crippen LogP contribution is 2.31. The van der Waals surface area contributed by atoms with Crippen LogP contribution in [0.2, 0.25) is 5.02 Å². The Morgan fingerprint density at radius 1 is 1.20 bits per heavy atom. The minimum Gasteiger partial charge on any atom is -0.493 e. The summed E-state index contributed by atoms with van der Waals surface area (Å²) in [5.41, 5.74) is 1.11. The van der Waals surface area contributed by atoms with Crippen LogP contribution in [-0.2, 0) is 4.79 Å². The van der Waals surface area contributed by atoms with Crippen molar-refractivity contribution in [1.29, 1.82) is 0 Å². The van der Waals surface area contributed by atoms with E-state index in [1.54, 1.807) is 14.0 Å². The summed E-state index contributed by atoms with van der Waals surface area (Å²) in [7, 11) is 1.58. The molecule has 0 aliphatic heterocycles. The van der Waals surface area contributed by atoms with Crippen molar-refractivity contribution in [3.8, 4) is 11.5 Å². The first-order valence-electron chi connectivity index (χ1n) is 9.58. The highest BCUT2D eigenvalue weighted by molar-refractivity contribution is 6.34. The van der Waals surface area contributed by atoms with E-state index in [1.165, 1.54) is 18.2 Å². The molecule has 8 nitrogen and oxygen atoms in total. The van der Waals surface area contributed by atoms with Crippen LogP contribution in [0.4, 0.5) is 11.4 Å². The number of methoxy groups -OCH3 is 1. The van der Waals surface area contributed by atoms with E-state index in [-0.39, 0.29) is 22.7 Å². The molecule has 0 aliphatic rings. The van der Waals surface area contributed by atoms with Crippen LogP contribution in [0.25, 0.3) is 0 Å². The lowest BCUT2D eigenvalue weighted by molar-refractivity contribution is -0.384. The smallest absolute Gasteiger partial charge is 0.271 e. The lowest BCUT2D eigenvalue weighted by Gasteiger charge is -2.21. The summed E-state index contributed by atoms with van der Waals surface area (Å²) in [6.07, 6.45) is 0.897. The summed E-state index contributed by atoms with van der Waals surface area (Å²) in [6, 6.07) is 8.85. The molecule has 9 heteroatoms. The Bertz CT molecular complexity index is 906. The number of non-ortho nitro benzene ring substituents is 1. The second-order valence-electron chi connectivity index (χ2n) is 6.78. The Kier molecular flexibility index (Phi) is 8.44. The van der Waals surface area contributed by atoms with Gasteiger partial charge in [0.25, 0.3) is 5.69 Å². The Labute approximate surface area is 180 Å². The second kappa shape index (κ2) is 10.8. The molecule has 2 aromatic carbocycles. The minimum absolute atomic E-state index is 0.102. The zero-order chi connectivity index (χ0) is 22.3. The average molecular weight is 436 g/mol. The molecule has 0 radical (unpaired) electrons. The molecule has 30 heavy (non-hydrogen) atoms. The molecule has 0 saturated carbocycles. The predicted molar refractivity (Wildman–Crippen MR) is 117 cm³/mol. The van der Waals surface area contributed by atoms with Crippen LogP contribution in [-0.4, -0.2) is 30.6 Å². The van der Waals surface area contributed by atoms with E-state index in [2.05, 4.69) is 10.6 Å². The largest absolute Gasteiger partial charge is 0.493 e. The van der Waals surface area contributed by atoms with Crippen LogP contribution in [0.1, 0.15) is 38.8 Å². The van der Waals surface area contributed by atoms with Gasteiger partial charge in [0.2, 0.25) is 5.91 Å². The molecule has 0 aliphatic carbocycles. The number of rotatable bonds is 10. The van der Waals surface area contributed by atoms with Gasteiger partial charge in [-0.25, -0.2) is 0 Å². The lowest BCUT2D eigenvalue weighted by atomic mass is 10.1. The van der Waals surface area contributed by atoms with Gasteiger partial charge in [-0.05, 0) is 44.0 Å². The second-order valence-corrected chi connectivity index (χ2v) is 7.19. The van der Waals surface area contributed by atoms with Crippen molar-refractivity contribution in [1.82, 2.24) is 5.32 Å². The Morgan fingerprint density at radius 2 is 1.93 bits per heavy atom. The van der Waals surface area contributed by atoms with Crippen molar-refractivity contribution in [2.24, 2.45) is 0 Å². The first-order valence-corrected chi connectivity index (χ1v) is 9.96. The van der Waals surface area contributed by atoms with E-state index in [4.69, 9.17) is 21.1 Å². The summed E-state index contributed by atoms with van der Waals surface area (Å²) in [5.74, 6) is 0.991. The van der Waals surface area contributed by atoms with Crippen molar-refractivity contribution < 1.29 is 19.2 Å². The summed E-state index contributed by atoms with van der Waals surface area (Å²) in [5, 5.41) is 16.8. The van der Waals surface area contributed by atoms with Crippen molar-refractivity contribution >= 4 is 28.9 Å². The summed E-state index contributed by atoms with van der Waals surface area (Å²) < 4.78 is 11.1. The molecule has 2 unspecified atom stereocenters. The van der Waals surface area contributed by atoms with E-state index >= 15 is 0 Å². The molecule has 2 rings (SSSR count). The van der Waals surface area contributed by atoms with Gasteiger partial charge in [-0.2, -0.15) is 0 Å². The number of anilines is 1. The van der Waals surface area contributed by atoms with Crippen LogP contribution in [0, 0.1) is 10.1 Å². The van der Waals surface area contributed by atoms with E-state index in [1.807, 2.05) is 32.0 Å². The fourth-order valence-electron chi connectivity index (χ4n) is 2.79. The predicted octanol–water partition coefficient (Wildman–Crippen LogP) is 4.72. The maximum Gasteiger partial charge on any atom is 0.271 e. The highest BCUT2D eigenvalue weighted by atomic mass is 35.5. The fourth-order valence-corrected chi connectivity index (χ4v) is 3.01. The maximum atomic E-state index is 12.5. The van der Waals surface area contributed by atoms with E-state index in [9.17, 15) is 14.9 Å². The number of amides is 1. The number of nitrogens with one attached hydrogen (secondary N) is 2. The zero-order valence-corrected chi connectivity index (χ0v) is 18.2. The van der Waals surface area contributed by atoms with E-state index in [0.717, 1.165) is 12.0 Å². The van der Waals surface area contributed by atoms with Crippen LogP contribution < -0.4 is 20.1 Å². The minimum atomic E-state index is -0.548. The molecule has 0 fully saturated rings. The normalized spacial score (nSPS) is 12.7. The number of benzene rings is 2. The number of ether oxygens (including phenoxy) is 2. The van der Waals surface area contributed by atoms with Gasteiger partial charge >= 0.3 is 0 Å². The first-order chi connectivity index (χ1) is 14.3. The zero-order valence-electron chi connectivity index (χ0n) is 17.4. The Morgan fingerprint density at radius 3 is 2.53 bits per heavy atom. The highest BCUT2D eigenvalue weighted by Gasteiger charge is 2.19. The van der Waals surface area contributed by atoms with Crippen molar-refractivity contribution in [3.63, 3.8) is 0 Å². The van der Waals surface area contributed by atoms with Crippen LogP contribution in [0.5, 0.6) is 11.5 Å². The summed E-state index contributed by atoms with van der Waals surface area (Å²) in [4.78, 5) is 22.8. The van der Waals surface area contributed by atoms with E-state index < -0.39 is 11.0 Å². The Hall–Kier alpha value is -2.84. The van der Waals surface area contributed by atoms with Gasteiger partial charge in [0.05, 0.1) is 35.4 Å². The van der Waals surface area contributed by atoms with Crippen LogP contribution >= 0.6 is 11.6 Å². The van der Waals surface area contributed by atoms with Gasteiger partial charge in [0.15, 0.2) is 11.5 Å². The summed E-state index contributed by atoms with van der Waals surface area (Å²) >= 11 is 6.04. The van der Waals surface area contributed by atoms with Gasteiger partial charge < -0.3 is 14.8 Å². The molecule has 0 aromatic heterocycles. The first kappa shape index (κ1) is 23.4. The van der Waals surface area contributed by atoms with Gasteiger partial charge in [0.1, 0.15) is 0 Å². The van der Waals surface area contributed by atoms with Crippen molar-refractivity contribution in [2.75, 3.05) is 19.0 Å². The molecule has 162 valence electrons. The molecule has 2 atom stereocenters. The molecule has 1 amide bonds. The third kappa shape index (κ3) is 6.08. The van der Waals surface area contributed by atoms with Crippen LogP contribution in [0.15, 0.2) is 36.4 Å². The molecule has 0 saturated heterocycles. The third-order valence-corrected chi connectivity index (χ3v) is 4.78. The monoisotopic (exact) mass is 435 g/mol.